The number of carbonyl (C=O) groups excluding carboxylic acids is 2. The third kappa shape index (κ3) is 6.37. The van der Waals surface area contributed by atoms with Crippen molar-refractivity contribution in [3.63, 3.8) is 0 Å². The molecule has 0 radical (unpaired) electrons. The van der Waals surface area contributed by atoms with Gasteiger partial charge in [-0.3, -0.25) is 9.69 Å². The Labute approximate surface area is 155 Å². The highest BCUT2D eigenvalue weighted by Gasteiger charge is 2.20. The number of hydrogen-bond acceptors (Lipinski definition) is 4. The van der Waals surface area contributed by atoms with Crippen LogP contribution in [0.15, 0.2) is 24.3 Å². The summed E-state index contributed by atoms with van der Waals surface area (Å²) in [6, 6.07) is 9.62. The summed E-state index contributed by atoms with van der Waals surface area (Å²) in [4.78, 5) is 27.8. The van der Waals surface area contributed by atoms with Gasteiger partial charge in [-0.05, 0) is 24.1 Å². The van der Waals surface area contributed by atoms with Crippen molar-refractivity contribution in [2.24, 2.45) is 0 Å². The Bertz CT molecular complexity index is 630. The third-order valence-corrected chi connectivity index (χ3v) is 4.35. The zero-order valence-electron chi connectivity index (χ0n) is 15.3. The van der Waals surface area contributed by atoms with Crippen LogP contribution < -0.4 is 10.6 Å². The van der Waals surface area contributed by atoms with E-state index >= 15 is 0 Å². The first-order chi connectivity index (χ1) is 12.6. The van der Waals surface area contributed by atoms with Crippen LogP contribution in [0, 0.1) is 11.3 Å². The second kappa shape index (κ2) is 10.4. The molecule has 0 saturated carbocycles. The van der Waals surface area contributed by atoms with Crippen molar-refractivity contribution in [1.29, 1.82) is 5.26 Å². The van der Waals surface area contributed by atoms with Crippen molar-refractivity contribution >= 4 is 11.9 Å². The smallest absolute Gasteiger partial charge is 0.317 e. The molecule has 1 aromatic rings. The van der Waals surface area contributed by atoms with E-state index in [2.05, 4.69) is 21.6 Å². The molecule has 3 amide bonds. The SMILES string of the molecule is CCCNC(=O)CCNC(=O)N1CCN(Cc2ccc(C#N)cc2)CC1. The molecule has 1 aliphatic heterocycles. The van der Waals surface area contributed by atoms with E-state index in [1.165, 1.54) is 5.56 Å². The fourth-order valence-corrected chi connectivity index (χ4v) is 2.80. The van der Waals surface area contributed by atoms with Crippen molar-refractivity contribution in [3.8, 4) is 6.07 Å². The number of piperazine rings is 1. The molecule has 7 heteroatoms. The van der Waals surface area contributed by atoms with Gasteiger partial charge in [-0.15, -0.1) is 0 Å². The monoisotopic (exact) mass is 357 g/mol. The number of rotatable bonds is 7. The van der Waals surface area contributed by atoms with Gasteiger partial charge in [0, 0.05) is 52.2 Å². The Balaban J connectivity index is 1.66. The van der Waals surface area contributed by atoms with Crippen molar-refractivity contribution in [2.45, 2.75) is 26.3 Å². The summed E-state index contributed by atoms with van der Waals surface area (Å²) in [5.41, 5.74) is 1.83. The average Bonchev–Trinajstić information content (AvgIpc) is 2.67. The van der Waals surface area contributed by atoms with E-state index in [1.54, 1.807) is 4.90 Å². The highest BCUT2D eigenvalue weighted by molar-refractivity contribution is 5.78. The fraction of sp³-hybridized carbons (Fsp3) is 0.526. The molecule has 7 nitrogen and oxygen atoms in total. The first kappa shape index (κ1) is 19.7. The highest BCUT2D eigenvalue weighted by atomic mass is 16.2. The number of nitriles is 1. The lowest BCUT2D eigenvalue weighted by Gasteiger charge is -2.34. The van der Waals surface area contributed by atoms with E-state index in [0.717, 1.165) is 26.1 Å². The van der Waals surface area contributed by atoms with E-state index in [9.17, 15) is 9.59 Å². The Morgan fingerprint density at radius 3 is 2.38 bits per heavy atom. The molecule has 1 aliphatic rings. The van der Waals surface area contributed by atoms with Crippen LogP contribution in [0.25, 0.3) is 0 Å². The van der Waals surface area contributed by atoms with Gasteiger partial charge in [-0.1, -0.05) is 19.1 Å². The summed E-state index contributed by atoms with van der Waals surface area (Å²) in [6.07, 6.45) is 1.22. The molecule has 140 valence electrons. The lowest BCUT2D eigenvalue weighted by molar-refractivity contribution is -0.120. The van der Waals surface area contributed by atoms with Crippen molar-refractivity contribution in [2.75, 3.05) is 39.3 Å². The highest BCUT2D eigenvalue weighted by Crippen LogP contribution is 2.10. The Kier molecular flexibility index (Phi) is 7.90. The number of nitrogens with zero attached hydrogens (tertiary/aromatic N) is 3. The molecule has 0 spiro atoms. The van der Waals surface area contributed by atoms with Gasteiger partial charge in [-0.2, -0.15) is 5.26 Å². The first-order valence-electron chi connectivity index (χ1n) is 9.13. The maximum absolute atomic E-state index is 12.2. The zero-order valence-corrected chi connectivity index (χ0v) is 15.3. The van der Waals surface area contributed by atoms with Crippen LogP contribution in [0.1, 0.15) is 30.9 Å². The second-order valence-corrected chi connectivity index (χ2v) is 6.40. The molecule has 2 N–H and O–H groups in total. The quantitative estimate of drug-likeness (QED) is 0.770. The van der Waals surface area contributed by atoms with Crippen LogP contribution in [-0.4, -0.2) is 61.0 Å². The maximum atomic E-state index is 12.2. The maximum Gasteiger partial charge on any atom is 0.317 e. The molecular weight excluding hydrogens is 330 g/mol. The second-order valence-electron chi connectivity index (χ2n) is 6.40. The standard InChI is InChI=1S/C19H27N5O2/c1-2-8-21-18(25)7-9-22-19(26)24-12-10-23(11-13-24)15-17-5-3-16(14-20)4-6-17/h3-6H,2,7-13,15H2,1H3,(H,21,25)(H,22,26). The Hall–Kier alpha value is -2.59. The minimum absolute atomic E-state index is 0.0283. The van der Waals surface area contributed by atoms with Crippen molar-refractivity contribution < 1.29 is 9.59 Å². The van der Waals surface area contributed by atoms with Gasteiger partial charge in [0.2, 0.25) is 5.91 Å². The molecule has 1 fully saturated rings. The van der Waals surface area contributed by atoms with E-state index in [4.69, 9.17) is 5.26 Å². The number of benzene rings is 1. The van der Waals surface area contributed by atoms with Crippen molar-refractivity contribution in [3.05, 3.63) is 35.4 Å². The summed E-state index contributed by atoms with van der Waals surface area (Å²) in [5, 5.41) is 14.4. The van der Waals surface area contributed by atoms with E-state index < -0.39 is 0 Å². The molecule has 1 heterocycles. The molecule has 26 heavy (non-hydrogen) atoms. The summed E-state index contributed by atoms with van der Waals surface area (Å²) in [7, 11) is 0. The molecule has 1 saturated heterocycles. The van der Waals surface area contributed by atoms with Gasteiger partial charge in [-0.25, -0.2) is 4.79 Å². The fourth-order valence-electron chi connectivity index (χ4n) is 2.80. The predicted molar refractivity (Wildman–Crippen MR) is 99.3 cm³/mol. The molecular formula is C19H27N5O2. The van der Waals surface area contributed by atoms with Crippen molar-refractivity contribution in [1.82, 2.24) is 20.4 Å². The van der Waals surface area contributed by atoms with E-state index in [1.807, 2.05) is 31.2 Å². The average molecular weight is 357 g/mol. The molecule has 0 aliphatic carbocycles. The van der Waals surface area contributed by atoms with Gasteiger partial charge in [0.15, 0.2) is 0 Å². The lowest BCUT2D eigenvalue weighted by atomic mass is 10.1. The minimum atomic E-state index is -0.105. The zero-order chi connectivity index (χ0) is 18.8. The number of hydrogen-bond donors (Lipinski definition) is 2. The Morgan fingerprint density at radius 2 is 1.77 bits per heavy atom. The van der Waals surface area contributed by atoms with Crippen LogP contribution in [0.2, 0.25) is 0 Å². The van der Waals surface area contributed by atoms with Crippen LogP contribution in [0.3, 0.4) is 0 Å². The molecule has 2 rings (SSSR count). The Morgan fingerprint density at radius 1 is 1.08 bits per heavy atom. The number of urea groups is 1. The number of amides is 3. The summed E-state index contributed by atoms with van der Waals surface area (Å²) >= 11 is 0. The third-order valence-electron chi connectivity index (χ3n) is 4.35. The summed E-state index contributed by atoms with van der Waals surface area (Å²) in [5.74, 6) is -0.0283. The largest absolute Gasteiger partial charge is 0.356 e. The van der Waals surface area contributed by atoms with E-state index in [-0.39, 0.29) is 11.9 Å². The summed E-state index contributed by atoms with van der Waals surface area (Å²) < 4.78 is 0. The lowest BCUT2D eigenvalue weighted by Crippen LogP contribution is -2.51. The predicted octanol–water partition coefficient (Wildman–Crippen LogP) is 1.30. The normalized spacial score (nSPS) is 14.5. The van der Waals surface area contributed by atoms with E-state index in [0.29, 0.717) is 38.2 Å². The number of nitrogens with one attached hydrogen (secondary N) is 2. The molecule has 0 aromatic heterocycles. The molecule has 0 bridgehead atoms. The molecule has 0 atom stereocenters. The van der Waals surface area contributed by atoms with Crippen LogP contribution in [0.5, 0.6) is 0 Å². The van der Waals surface area contributed by atoms with Gasteiger partial charge in [0.1, 0.15) is 0 Å². The first-order valence-corrected chi connectivity index (χ1v) is 9.13. The van der Waals surface area contributed by atoms with Crippen LogP contribution in [0.4, 0.5) is 4.79 Å². The van der Waals surface area contributed by atoms with Gasteiger partial charge in [0.25, 0.3) is 0 Å². The number of carbonyl (C=O) groups is 2. The van der Waals surface area contributed by atoms with Crippen LogP contribution >= 0.6 is 0 Å². The molecule has 0 unspecified atom stereocenters. The van der Waals surface area contributed by atoms with Gasteiger partial charge < -0.3 is 15.5 Å². The minimum Gasteiger partial charge on any atom is -0.356 e. The van der Waals surface area contributed by atoms with Crippen LogP contribution in [-0.2, 0) is 11.3 Å². The topological polar surface area (TPSA) is 88.5 Å². The van der Waals surface area contributed by atoms with Gasteiger partial charge in [0.05, 0.1) is 11.6 Å². The molecule has 1 aromatic carbocycles. The summed E-state index contributed by atoms with van der Waals surface area (Å²) in [6.45, 7) is 6.82. The van der Waals surface area contributed by atoms with Gasteiger partial charge >= 0.3 is 6.03 Å².